The summed E-state index contributed by atoms with van der Waals surface area (Å²) < 4.78 is 16.6. The maximum absolute atomic E-state index is 12.6. The first-order valence-corrected chi connectivity index (χ1v) is 11.9. The van der Waals surface area contributed by atoms with Gasteiger partial charge in [-0.25, -0.2) is 0 Å². The Morgan fingerprint density at radius 1 is 0.971 bits per heavy atom. The summed E-state index contributed by atoms with van der Waals surface area (Å²) in [6, 6.07) is 15.6. The first kappa shape index (κ1) is 23.8. The Hall–Kier alpha value is -3.39. The highest BCUT2D eigenvalue weighted by Crippen LogP contribution is 2.19. The molecule has 8 nitrogen and oxygen atoms in total. The van der Waals surface area contributed by atoms with E-state index >= 15 is 0 Å². The van der Waals surface area contributed by atoms with E-state index in [9.17, 15) is 4.79 Å². The van der Waals surface area contributed by atoms with Crippen molar-refractivity contribution in [3.8, 4) is 22.9 Å². The van der Waals surface area contributed by atoms with Gasteiger partial charge >= 0.3 is 0 Å². The van der Waals surface area contributed by atoms with E-state index in [0.717, 1.165) is 30.2 Å². The summed E-state index contributed by atoms with van der Waals surface area (Å²) >= 11 is 0. The molecule has 0 saturated carbocycles. The van der Waals surface area contributed by atoms with Gasteiger partial charge in [-0.15, -0.1) is 0 Å². The molecule has 0 aliphatic carbocycles. The summed E-state index contributed by atoms with van der Waals surface area (Å²) in [7, 11) is 0. The molecule has 4 rings (SSSR count). The van der Waals surface area contributed by atoms with Crippen molar-refractivity contribution >= 4 is 5.91 Å². The van der Waals surface area contributed by atoms with Gasteiger partial charge in [0.25, 0.3) is 0 Å². The summed E-state index contributed by atoms with van der Waals surface area (Å²) in [6.07, 6.45) is 1.18. The lowest BCUT2D eigenvalue weighted by atomic mass is 10.1. The van der Waals surface area contributed by atoms with Crippen LogP contribution in [0, 0.1) is 6.92 Å². The Bertz CT molecular complexity index is 1040. The number of amides is 1. The Labute approximate surface area is 200 Å². The maximum Gasteiger partial charge on any atom is 0.241 e. The molecule has 2 heterocycles. The van der Waals surface area contributed by atoms with Crippen LogP contribution in [0.5, 0.6) is 11.5 Å². The van der Waals surface area contributed by atoms with Gasteiger partial charge in [0.2, 0.25) is 17.6 Å². The molecule has 0 bridgehead atoms. The predicted octanol–water partition coefficient (Wildman–Crippen LogP) is 3.95. The molecule has 1 aliphatic rings. The zero-order chi connectivity index (χ0) is 23.8. The molecule has 3 aromatic rings. The minimum atomic E-state index is 0.175. The number of benzene rings is 2. The number of aryl methyl sites for hydroxylation is 1. The molecule has 2 aromatic carbocycles. The Balaban J connectivity index is 1.14. The molecule has 0 radical (unpaired) electrons. The predicted molar refractivity (Wildman–Crippen MR) is 129 cm³/mol. The number of piperazine rings is 1. The van der Waals surface area contributed by atoms with E-state index in [2.05, 4.69) is 15.0 Å². The van der Waals surface area contributed by atoms with Gasteiger partial charge in [-0.2, -0.15) is 4.98 Å². The van der Waals surface area contributed by atoms with Crippen LogP contribution in [0.15, 0.2) is 53.1 Å². The fraction of sp³-hybridized carbons (Fsp3) is 0.423. The second-order valence-corrected chi connectivity index (χ2v) is 8.39. The number of aromatic nitrogens is 2. The van der Waals surface area contributed by atoms with Crippen molar-refractivity contribution in [2.24, 2.45) is 0 Å². The van der Waals surface area contributed by atoms with Crippen molar-refractivity contribution < 1.29 is 18.8 Å². The number of hydrogen-bond acceptors (Lipinski definition) is 7. The second kappa shape index (κ2) is 11.7. The molecule has 34 heavy (non-hydrogen) atoms. The monoisotopic (exact) mass is 464 g/mol. The van der Waals surface area contributed by atoms with E-state index in [0.29, 0.717) is 57.4 Å². The van der Waals surface area contributed by atoms with E-state index in [1.165, 1.54) is 5.56 Å². The van der Waals surface area contributed by atoms with E-state index in [1.54, 1.807) is 0 Å². The SMILES string of the molecule is CCOc1ccc(OCCCC(=O)N2CCN(Cc3nc(-c4ccc(C)cc4)no3)CC2)cc1. The Morgan fingerprint density at radius 2 is 1.65 bits per heavy atom. The summed E-state index contributed by atoms with van der Waals surface area (Å²) in [5.74, 6) is 3.00. The third kappa shape index (κ3) is 6.57. The zero-order valence-electron chi connectivity index (χ0n) is 19.9. The summed E-state index contributed by atoms with van der Waals surface area (Å²) in [5.41, 5.74) is 2.14. The highest BCUT2D eigenvalue weighted by Gasteiger charge is 2.22. The number of rotatable bonds is 10. The van der Waals surface area contributed by atoms with Crippen LogP contribution in [-0.4, -0.2) is 65.2 Å². The van der Waals surface area contributed by atoms with Gasteiger partial charge in [0.15, 0.2) is 0 Å². The highest BCUT2D eigenvalue weighted by molar-refractivity contribution is 5.76. The summed E-state index contributed by atoms with van der Waals surface area (Å²) in [4.78, 5) is 21.3. The van der Waals surface area contributed by atoms with Crippen LogP contribution < -0.4 is 9.47 Å². The number of carbonyl (C=O) groups is 1. The van der Waals surface area contributed by atoms with Gasteiger partial charge in [0.05, 0.1) is 19.8 Å². The number of ether oxygens (including phenoxy) is 2. The van der Waals surface area contributed by atoms with Gasteiger partial charge in [0, 0.05) is 38.2 Å². The molecule has 1 aliphatic heterocycles. The molecule has 1 amide bonds. The fourth-order valence-electron chi connectivity index (χ4n) is 3.86. The van der Waals surface area contributed by atoms with Crippen LogP contribution in [0.25, 0.3) is 11.4 Å². The quantitative estimate of drug-likeness (QED) is 0.420. The zero-order valence-corrected chi connectivity index (χ0v) is 19.9. The van der Waals surface area contributed by atoms with E-state index < -0.39 is 0 Å². The van der Waals surface area contributed by atoms with Crippen LogP contribution in [-0.2, 0) is 11.3 Å². The lowest BCUT2D eigenvalue weighted by Crippen LogP contribution is -2.48. The number of hydrogen-bond donors (Lipinski definition) is 0. The second-order valence-electron chi connectivity index (χ2n) is 8.39. The van der Waals surface area contributed by atoms with Crippen LogP contribution in [0.1, 0.15) is 31.2 Å². The normalized spacial score (nSPS) is 14.2. The van der Waals surface area contributed by atoms with E-state index in [4.69, 9.17) is 14.0 Å². The third-order valence-electron chi connectivity index (χ3n) is 5.80. The molecule has 0 N–H and O–H groups in total. The van der Waals surface area contributed by atoms with Gasteiger partial charge in [-0.1, -0.05) is 35.0 Å². The highest BCUT2D eigenvalue weighted by atomic mass is 16.5. The topological polar surface area (TPSA) is 80.9 Å². The molecule has 0 spiro atoms. The van der Waals surface area contributed by atoms with Crippen molar-refractivity contribution in [2.75, 3.05) is 39.4 Å². The van der Waals surface area contributed by atoms with Gasteiger partial charge in [-0.3, -0.25) is 9.69 Å². The van der Waals surface area contributed by atoms with Crippen LogP contribution in [0.2, 0.25) is 0 Å². The number of carbonyl (C=O) groups excluding carboxylic acids is 1. The molecule has 0 unspecified atom stereocenters. The van der Waals surface area contributed by atoms with Crippen LogP contribution in [0.3, 0.4) is 0 Å². The standard InChI is InChI=1S/C26H32N4O4/c1-3-32-22-10-12-23(13-11-22)33-18-4-5-25(31)30-16-14-29(15-17-30)19-24-27-26(28-34-24)21-8-6-20(2)7-9-21/h6-13H,3-5,14-19H2,1-2H3. The van der Waals surface area contributed by atoms with Crippen molar-refractivity contribution in [2.45, 2.75) is 33.2 Å². The van der Waals surface area contributed by atoms with Crippen molar-refractivity contribution in [3.05, 3.63) is 60.0 Å². The molecular weight excluding hydrogens is 432 g/mol. The lowest BCUT2D eigenvalue weighted by Gasteiger charge is -2.34. The summed E-state index contributed by atoms with van der Waals surface area (Å²) in [5, 5.41) is 4.11. The third-order valence-corrected chi connectivity index (χ3v) is 5.80. The average molecular weight is 465 g/mol. The maximum atomic E-state index is 12.6. The number of nitrogens with zero attached hydrogens (tertiary/aromatic N) is 4. The smallest absolute Gasteiger partial charge is 0.241 e. The average Bonchev–Trinajstić information content (AvgIpc) is 3.32. The first-order chi connectivity index (χ1) is 16.6. The molecule has 1 aromatic heterocycles. The van der Waals surface area contributed by atoms with Crippen molar-refractivity contribution in [3.63, 3.8) is 0 Å². The van der Waals surface area contributed by atoms with Gasteiger partial charge in [0.1, 0.15) is 11.5 Å². The molecule has 1 fully saturated rings. The minimum Gasteiger partial charge on any atom is -0.494 e. The van der Waals surface area contributed by atoms with Crippen molar-refractivity contribution in [1.29, 1.82) is 0 Å². The fourth-order valence-corrected chi connectivity index (χ4v) is 3.86. The minimum absolute atomic E-state index is 0.175. The van der Waals surface area contributed by atoms with E-state index in [-0.39, 0.29) is 5.91 Å². The van der Waals surface area contributed by atoms with E-state index in [1.807, 2.05) is 67.3 Å². The largest absolute Gasteiger partial charge is 0.494 e. The van der Waals surface area contributed by atoms with Gasteiger partial charge < -0.3 is 18.9 Å². The Morgan fingerprint density at radius 3 is 2.32 bits per heavy atom. The van der Waals surface area contributed by atoms with Crippen molar-refractivity contribution in [1.82, 2.24) is 19.9 Å². The summed E-state index contributed by atoms with van der Waals surface area (Å²) in [6.45, 7) is 8.74. The van der Waals surface area contributed by atoms with Crippen LogP contribution >= 0.6 is 0 Å². The molecule has 0 atom stereocenters. The molecule has 8 heteroatoms. The molecular formula is C26H32N4O4. The Kier molecular flexibility index (Phi) is 8.14. The molecule has 1 saturated heterocycles. The lowest BCUT2D eigenvalue weighted by molar-refractivity contribution is -0.133. The van der Waals surface area contributed by atoms with Crippen LogP contribution in [0.4, 0.5) is 0 Å². The van der Waals surface area contributed by atoms with Gasteiger partial charge in [-0.05, 0) is 44.5 Å². The molecule has 180 valence electrons. The first-order valence-electron chi connectivity index (χ1n) is 11.9.